The fourth-order valence-electron chi connectivity index (χ4n) is 3.76. The molecule has 0 saturated carbocycles. The summed E-state index contributed by atoms with van der Waals surface area (Å²) in [7, 11) is 1.87. The zero-order valence-electron chi connectivity index (χ0n) is 20.6. The monoisotopic (exact) mass is 479 g/mol. The quantitative estimate of drug-likeness (QED) is 0.477. The van der Waals surface area contributed by atoms with E-state index in [-0.39, 0.29) is 11.8 Å². The van der Waals surface area contributed by atoms with Crippen molar-refractivity contribution in [2.24, 2.45) is 0 Å². The summed E-state index contributed by atoms with van der Waals surface area (Å²) in [6.45, 7) is 10.1. The lowest BCUT2D eigenvalue weighted by Crippen LogP contribution is -2.29. The number of benzene rings is 1. The molecular formula is C26H36F3N3O2. The number of rotatable bonds is 7. The van der Waals surface area contributed by atoms with Gasteiger partial charge in [0.2, 0.25) is 0 Å². The lowest BCUT2D eigenvalue weighted by molar-refractivity contribution is -0.137. The van der Waals surface area contributed by atoms with E-state index in [2.05, 4.69) is 31.1 Å². The van der Waals surface area contributed by atoms with E-state index in [1.54, 1.807) is 12.4 Å². The van der Waals surface area contributed by atoms with Crippen LogP contribution >= 0.6 is 0 Å². The van der Waals surface area contributed by atoms with Gasteiger partial charge in [0.25, 0.3) is 0 Å². The average molecular weight is 480 g/mol. The van der Waals surface area contributed by atoms with Crippen molar-refractivity contribution < 1.29 is 23.0 Å². The first-order valence-electron chi connectivity index (χ1n) is 11.7. The van der Waals surface area contributed by atoms with Crippen LogP contribution in [0.4, 0.5) is 13.2 Å². The van der Waals surface area contributed by atoms with Crippen LogP contribution in [0.5, 0.6) is 5.75 Å². The Bertz CT molecular complexity index is 947. The maximum absolute atomic E-state index is 13.0. The summed E-state index contributed by atoms with van der Waals surface area (Å²) in [4.78, 5) is 6.23. The molecule has 0 fully saturated rings. The minimum Gasteiger partial charge on any atom is -0.508 e. The van der Waals surface area contributed by atoms with Crippen molar-refractivity contribution in [3.8, 4) is 5.75 Å². The molecule has 2 heterocycles. The summed E-state index contributed by atoms with van der Waals surface area (Å²) in [5, 5.41) is 14.0. The maximum Gasteiger partial charge on any atom is 0.416 e. The number of phenols is 1. The number of nitrogens with one attached hydrogen (secondary N) is 1. The molecule has 0 aliphatic carbocycles. The van der Waals surface area contributed by atoms with Gasteiger partial charge < -0.3 is 15.2 Å². The molecule has 34 heavy (non-hydrogen) atoms. The van der Waals surface area contributed by atoms with Crippen LogP contribution in [0.25, 0.3) is 5.70 Å². The number of phenolic OH excluding ortho intramolecular Hbond substituents is 1. The molecule has 1 aliphatic rings. The van der Waals surface area contributed by atoms with Crippen molar-refractivity contribution in [3.05, 3.63) is 65.0 Å². The maximum atomic E-state index is 13.0. The SMILES string of the molecule is CCC.CCCOCC(C)NC1=CCN(C)C(c2ccc(C(F)(F)F)cc2O)c2ccncc21. The van der Waals surface area contributed by atoms with Crippen LogP contribution in [0.2, 0.25) is 0 Å². The zero-order valence-corrected chi connectivity index (χ0v) is 20.6. The number of likely N-dealkylation sites (N-methyl/N-ethyl adjacent to an activating group) is 1. The van der Waals surface area contributed by atoms with Gasteiger partial charge in [0.15, 0.2) is 0 Å². The van der Waals surface area contributed by atoms with Gasteiger partial charge in [-0.3, -0.25) is 9.88 Å². The lowest BCUT2D eigenvalue weighted by atomic mass is 9.93. The molecule has 0 amide bonds. The molecule has 0 spiro atoms. The number of aromatic nitrogens is 1. The fourth-order valence-corrected chi connectivity index (χ4v) is 3.76. The van der Waals surface area contributed by atoms with Crippen LogP contribution in [0.15, 0.2) is 42.7 Å². The van der Waals surface area contributed by atoms with Gasteiger partial charge in [-0.15, -0.1) is 0 Å². The zero-order chi connectivity index (χ0) is 25.3. The molecule has 2 unspecified atom stereocenters. The first-order chi connectivity index (χ1) is 16.1. The first-order valence-corrected chi connectivity index (χ1v) is 11.7. The predicted molar refractivity (Wildman–Crippen MR) is 129 cm³/mol. The summed E-state index contributed by atoms with van der Waals surface area (Å²) in [6.07, 6.45) is 3.10. The van der Waals surface area contributed by atoms with Crippen LogP contribution in [-0.4, -0.2) is 47.8 Å². The third kappa shape index (κ3) is 7.21. The highest BCUT2D eigenvalue weighted by Crippen LogP contribution is 2.40. The fraction of sp³-hybridized carbons (Fsp3) is 0.500. The van der Waals surface area contributed by atoms with E-state index >= 15 is 0 Å². The van der Waals surface area contributed by atoms with Crippen molar-refractivity contribution in [1.29, 1.82) is 0 Å². The van der Waals surface area contributed by atoms with E-state index in [0.29, 0.717) is 25.3 Å². The van der Waals surface area contributed by atoms with Gasteiger partial charge in [-0.2, -0.15) is 13.2 Å². The van der Waals surface area contributed by atoms with E-state index in [1.165, 1.54) is 12.5 Å². The summed E-state index contributed by atoms with van der Waals surface area (Å²) in [5.74, 6) is -0.382. The van der Waals surface area contributed by atoms with E-state index in [0.717, 1.165) is 35.4 Å². The molecule has 0 radical (unpaired) electrons. The molecule has 0 saturated heterocycles. The number of alkyl halides is 3. The van der Waals surface area contributed by atoms with Crippen molar-refractivity contribution in [2.45, 2.75) is 58.8 Å². The molecule has 2 atom stereocenters. The van der Waals surface area contributed by atoms with Gasteiger partial charge in [-0.05, 0) is 50.2 Å². The van der Waals surface area contributed by atoms with E-state index in [4.69, 9.17) is 4.74 Å². The Morgan fingerprint density at radius 3 is 2.53 bits per heavy atom. The highest BCUT2D eigenvalue weighted by atomic mass is 19.4. The van der Waals surface area contributed by atoms with Crippen LogP contribution in [0.1, 0.15) is 68.8 Å². The van der Waals surface area contributed by atoms with E-state index in [1.807, 2.05) is 31.0 Å². The summed E-state index contributed by atoms with van der Waals surface area (Å²) < 4.78 is 44.8. The Hall–Kier alpha value is -2.58. The Kier molecular flexibility index (Phi) is 10.4. The van der Waals surface area contributed by atoms with Gasteiger partial charge >= 0.3 is 6.18 Å². The largest absolute Gasteiger partial charge is 0.508 e. The summed E-state index contributed by atoms with van der Waals surface area (Å²) in [5.41, 5.74) is 2.12. The minimum atomic E-state index is -4.51. The van der Waals surface area contributed by atoms with Gasteiger partial charge in [-0.1, -0.05) is 33.3 Å². The minimum absolute atomic E-state index is 0.0622. The average Bonchev–Trinajstić information content (AvgIpc) is 2.91. The van der Waals surface area contributed by atoms with Crippen molar-refractivity contribution in [1.82, 2.24) is 15.2 Å². The number of hydrogen-bond acceptors (Lipinski definition) is 5. The molecule has 5 nitrogen and oxygen atoms in total. The van der Waals surface area contributed by atoms with Crippen molar-refractivity contribution in [3.63, 3.8) is 0 Å². The number of aromatic hydroxyl groups is 1. The predicted octanol–water partition coefficient (Wildman–Crippen LogP) is 6.00. The van der Waals surface area contributed by atoms with Crippen LogP contribution < -0.4 is 5.32 Å². The highest BCUT2D eigenvalue weighted by molar-refractivity contribution is 5.69. The molecule has 1 aliphatic heterocycles. The molecule has 2 aromatic rings. The molecule has 2 N–H and O–H groups in total. The Morgan fingerprint density at radius 1 is 1.21 bits per heavy atom. The van der Waals surface area contributed by atoms with Crippen LogP contribution in [-0.2, 0) is 10.9 Å². The molecule has 1 aromatic heterocycles. The standard InChI is InChI=1S/C23H28F3N3O2.C3H8/c1-4-11-31-14-15(2)28-20-8-10-29(3)22(17-7-9-27-13-19(17)20)18-6-5-16(12-21(18)30)23(24,25)26;1-3-2/h5-9,12-13,15,22,28,30H,4,10-11,14H2,1-3H3;3H2,1-2H3. The second-order valence-corrected chi connectivity index (χ2v) is 8.52. The molecule has 3 rings (SSSR count). The van der Waals surface area contributed by atoms with Crippen LogP contribution in [0, 0.1) is 0 Å². The molecule has 8 heteroatoms. The van der Waals surface area contributed by atoms with E-state index < -0.39 is 17.8 Å². The van der Waals surface area contributed by atoms with Gasteiger partial charge in [-0.25, -0.2) is 0 Å². The molecule has 0 bridgehead atoms. The smallest absolute Gasteiger partial charge is 0.416 e. The number of hydrogen-bond donors (Lipinski definition) is 2. The Balaban J connectivity index is 0.00000129. The second kappa shape index (κ2) is 12.8. The second-order valence-electron chi connectivity index (χ2n) is 8.52. The number of fused-ring (bicyclic) bond motifs is 1. The van der Waals surface area contributed by atoms with Gasteiger partial charge in [0.05, 0.1) is 18.2 Å². The number of pyridine rings is 1. The normalized spacial score (nSPS) is 17.1. The summed E-state index contributed by atoms with van der Waals surface area (Å²) >= 11 is 0. The molecule has 1 aromatic carbocycles. The number of ether oxygens (including phenoxy) is 1. The van der Waals surface area contributed by atoms with E-state index in [9.17, 15) is 18.3 Å². The van der Waals surface area contributed by atoms with Crippen molar-refractivity contribution in [2.75, 3.05) is 26.8 Å². The highest BCUT2D eigenvalue weighted by Gasteiger charge is 2.33. The topological polar surface area (TPSA) is 57.6 Å². The third-order valence-electron chi connectivity index (χ3n) is 5.23. The first kappa shape index (κ1) is 27.7. The van der Waals surface area contributed by atoms with Gasteiger partial charge in [0.1, 0.15) is 5.75 Å². The molecular weight excluding hydrogens is 443 g/mol. The summed E-state index contributed by atoms with van der Waals surface area (Å²) in [6, 6.07) is 4.62. The Morgan fingerprint density at radius 2 is 1.91 bits per heavy atom. The lowest BCUT2D eigenvalue weighted by Gasteiger charge is -2.28. The van der Waals surface area contributed by atoms with Crippen molar-refractivity contribution >= 4 is 5.70 Å². The van der Waals surface area contributed by atoms with Crippen LogP contribution in [0.3, 0.4) is 0 Å². The third-order valence-corrected chi connectivity index (χ3v) is 5.23. The van der Waals surface area contributed by atoms with Gasteiger partial charge in [0, 0.05) is 48.4 Å². The Labute approximate surface area is 200 Å². The molecule has 188 valence electrons. The number of nitrogens with zero attached hydrogens (tertiary/aromatic N) is 2. The number of halogens is 3.